The molecule has 144 valence electrons. The fourth-order valence-electron chi connectivity index (χ4n) is 4.10. The van der Waals surface area contributed by atoms with Gasteiger partial charge in [-0.05, 0) is 54.8 Å². The van der Waals surface area contributed by atoms with Gasteiger partial charge in [-0.25, -0.2) is 4.79 Å². The van der Waals surface area contributed by atoms with Crippen molar-refractivity contribution in [2.24, 2.45) is 5.92 Å². The van der Waals surface area contributed by atoms with Crippen molar-refractivity contribution in [1.29, 1.82) is 0 Å². The average Bonchev–Trinajstić information content (AvgIpc) is 2.73. The van der Waals surface area contributed by atoms with Gasteiger partial charge < -0.3 is 9.64 Å². The molecule has 0 radical (unpaired) electrons. The second-order valence-corrected chi connectivity index (χ2v) is 7.77. The summed E-state index contributed by atoms with van der Waals surface area (Å²) >= 11 is 0. The molecule has 1 aliphatic carbocycles. The molecule has 2 aromatic rings. The van der Waals surface area contributed by atoms with Crippen LogP contribution in [0.15, 0.2) is 48.5 Å². The number of ether oxygens (including phenoxy) is 1. The van der Waals surface area contributed by atoms with Gasteiger partial charge in [-0.2, -0.15) is 0 Å². The lowest BCUT2D eigenvalue weighted by Crippen LogP contribution is -2.22. The Bertz CT molecular complexity index is 735. The Morgan fingerprint density at radius 2 is 1.81 bits per heavy atom. The fourth-order valence-corrected chi connectivity index (χ4v) is 4.10. The van der Waals surface area contributed by atoms with Crippen LogP contribution in [0.5, 0.6) is 0 Å². The monoisotopic (exact) mass is 365 g/mol. The SMILES string of the molecule is COC(=O)c1ccc(CN(C)CCC2CCCCC2)cc1-c1ccccc1. The van der Waals surface area contributed by atoms with Gasteiger partial charge in [0, 0.05) is 6.54 Å². The molecule has 0 heterocycles. The van der Waals surface area contributed by atoms with Crippen LogP contribution in [0, 0.1) is 5.92 Å². The quantitative estimate of drug-likeness (QED) is 0.603. The van der Waals surface area contributed by atoms with E-state index in [9.17, 15) is 4.79 Å². The largest absolute Gasteiger partial charge is 0.465 e. The molecule has 1 fully saturated rings. The van der Waals surface area contributed by atoms with Crippen molar-refractivity contribution in [3.8, 4) is 11.1 Å². The van der Waals surface area contributed by atoms with Crippen LogP contribution in [0.25, 0.3) is 11.1 Å². The normalized spacial score (nSPS) is 15.1. The highest BCUT2D eigenvalue weighted by atomic mass is 16.5. The van der Waals surface area contributed by atoms with Crippen molar-refractivity contribution < 1.29 is 9.53 Å². The zero-order chi connectivity index (χ0) is 19.1. The third-order valence-electron chi connectivity index (χ3n) is 5.67. The lowest BCUT2D eigenvalue weighted by Gasteiger charge is -2.24. The van der Waals surface area contributed by atoms with E-state index < -0.39 is 0 Å². The molecule has 1 saturated carbocycles. The number of hydrogen-bond donors (Lipinski definition) is 0. The Balaban J connectivity index is 1.71. The van der Waals surface area contributed by atoms with Crippen LogP contribution in [0.2, 0.25) is 0 Å². The molecule has 3 rings (SSSR count). The van der Waals surface area contributed by atoms with E-state index in [1.54, 1.807) is 0 Å². The Kier molecular flexibility index (Phi) is 7.05. The summed E-state index contributed by atoms with van der Waals surface area (Å²) in [5, 5.41) is 0. The van der Waals surface area contributed by atoms with E-state index in [4.69, 9.17) is 4.74 Å². The molecular formula is C24H31NO2. The minimum Gasteiger partial charge on any atom is -0.465 e. The van der Waals surface area contributed by atoms with Crippen LogP contribution < -0.4 is 0 Å². The molecule has 2 aromatic carbocycles. The van der Waals surface area contributed by atoms with E-state index in [1.165, 1.54) is 51.2 Å². The second-order valence-electron chi connectivity index (χ2n) is 7.77. The average molecular weight is 366 g/mol. The number of carbonyl (C=O) groups is 1. The van der Waals surface area contributed by atoms with E-state index in [2.05, 4.69) is 24.1 Å². The van der Waals surface area contributed by atoms with E-state index >= 15 is 0 Å². The molecule has 0 bridgehead atoms. The Labute approximate surface area is 163 Å². The van der Waals surface area contributed by atoms with Crippen molar-refractivity contribution in [1.82, 2.24) is 4.90 Å². The van der Waals surface area contributed by atoms with Crippen LogP contribution in [-0.4, -0.2) is 31.6 Å². The van der Waals surface area contributed by atoms with Crippen LogP contribution >= 0.6 is 0 Å². The summed E-state index contributed by atoms with van der Waals surface area (Å²) in [6.07, 6.45) is 8.33. The standard InChI is InChI=1S/C24H31NO2/c1-25(16-15-19-9-5-3-6-10-19)18-20-13-14-22(24(26)27-2)23(17-20)21-11-7-4-8-12-21/h4,7-8,11-14,17,19H,3,5-6,9-10,15-16,18H2,1-2H3. The first kappa shape index (κ1) is 19.6. The highest BCUT2D eigenvalue weighted by Crippen LogP contribution is 2.28. The number of esters is 1. The van der Waals surface area contributed by atoms with Crippen molar-refractivity contribution in [2.45, 2.75) is 45.1 Å². The summed E-state index contributed by atoms with van der Waals surface area (Å²) in [7, 11) is 3.63. The smallest absolute Gasteiger partial charge is 0.338 e. The molecule has 0 aliphatic heterocycles. The molecule has 0 unspecified atom stereocenters. The lowest BCUT2D eigenvalue weighted by molar-refractivity contribution is 0.0601. The minimum atomic E-state index is -0.286. The summed E-state index contributed by atoms with van der Waals surface area (Å²) < 4.78 is 4.98. The first-order valence-corrected chi connectivity index (χ1v) is 10.1. The molecule has 0 atom stereocenters. The molecule has 0 amide bonds. The Morgan fingerprint density at radius 1 is 1.07 bits per heavy atom. The maximum absolute atomic E-state index is 12.2. The Morgan fingerprint density at radius 3 is 2.52 bits per heavy atom. The molecular weight excluding hydrogens is 334 g/mol. The highest BCUT2D eigenvalue weighted by molar-refractivity contribution is 5.97. The summed E-state index contributed by atoms with van der Waals surface area (Å²) in [6, 6.07) is 16.2. The van der Waals surface area contributed by atoms with Crippen molar-refractivity contribution in [3.05, 3.63) is 59.7 Å². The number of carbonyl (C=O) groups excluding carboxylic acids is 1. The topological polar surface area (TPSA) is 29.5 Å². The second kappa shape index (κ2) is 9.70. The van der Waals surface area contributed by atoms with Gasteiger partial charge in [0.25, 0.3) is 0 Å². The summed E-state index contributed by atoms with van der Waals surface area (Å²) in [5.74, 6) is 0.619. The van der Waals surface area contributed by atoms with E-state index in [-0.39, 0.29) is 5.97 Å². The minimum absolute atomic E-state index is 0.286. The van der Waals surface area contributed by atoms with Crippen molar-refractivity contribution in [3.63, 3.8) is 0 Å². The predicted octanol–water partition coefficient (Wildman–Crippen LogP) is 5.54. The third kappa shape index (κ3) is 5.43. The number of benzene rings is 2. The van der Waals surface area contributed by atoms with Gasteiger partial charge >= 0.3 is 5.97 Å². The molecule has 0 N–H and O–H groups in total. The number of nitrogens with zero attached hydrogens (tertiary/aromatic N) is 1. The molecule has 0 saturated heterocycles. The lowest BCUT2D eigenvalue weighted by atomic mass is 9.87. The van der Waals surface area contributed by atoms with Crippen LogP contribution in [0.1, 0.15) is 54.4 Å². The molecule has 1 aliphatic rings. The van der Waals surface area contributed by atoms with E-state index in [1.807, 2.05) is 36.4 Å². The zero-order valence-corrected chi connectivity index (χ0v) is 16.6. The number of methoxy groups -OCH3 is 1. The maximum atomic E-state index is 12.2. The van der Waals surface area contributed by atoms with Gasteiger partial charge in [0.2, 0.25) is 0 Å². The molecule has 3 nitrogen and oxygen atoms in total. The van der Waals surface area contributed by atoms with Crippen LogP contribution in [-0.2, 0) is 11.3 Å². The Hall–Kier alpha value is -2.13. The summed E-state index contributed by atoms with van der Waals surface area (Å²) in [6.45, 7) is 2.03. The van der Waals surface area contributed by atoms with Gasteiger partial charge in [0.1, 0.15) is 0 Å². The van der Waals surface area contributed by atoms with Gasteiger partial charge in [0.05, 0.1) is 12.7 Å². The third-order valence-corrected chi connectivity index (χ3v) is 5.67. The van der Waals surface area contributed by atoms with Crippen molar-refractivity contribution >= 4 is 5.97 Å². The van der Waals surface area contributed by atoms with Gasteiger partial charge in [-0.15, -0.1) is 0 Å². The first-order valence-electron chi connectivity index (χ1n) is 10.1. The highest BCUT2D eigenvalue weighted by Gasteiger charge is 2.16. The zero-order valence-electron chi connectivity index (χ0n) is 16.6. The fraction of sp³-hybridized carbons (Fsp3) is 0.458. The maximum Gasteiger partial charge on any atom is 0.338 e. The van der Waals surface area contributed by atoms with Crippen LogP contribution in [0.3, 0.4) is 0 Å². The summed E-state index contributed by atoms with van der Waals surface area (Å²) in [5.41, 5.74) is 3.84. The predicted molar refractivity (Wildman–Crippen MR) is 111 cm³/mol. The first-order chi connectivity index (χ1) is 13.2. The van der Waals surface area contributed by atoms with Crippen LogP contribution in [0.4, 0.5) is 0 Å². The van der Waals surface area contributed by atoms with Gasteiger partial charge in [-0.1, -0.05) is 68.5 Å². The molecule has 0 spiro atoms. The molecule has 0 aromatic heterocycles. The van der Waals surface area contributed by atoms with Gasteiger partial charge in [0.15, 0.2) is 0 Å². The number of hydrogen-bond acceptors (Lipinski definition) is 3. The van der Waals surface area contributed by atoms with Crippen molar-refractivity contribution in [2.75, 3.05) is 20.7 Å². The molecule has 27 heavy (non-hydrogen) atoms. The van der Waals surface area contributed by atoms with E-state index in [0.29, 0.717) is 5.56 Å². The van der Waals surface area contributed by atoms with E-state index in [0.717, 1.165) is 30.1 Å². The van der Waals surface area contributed by atoms with Gasteiger partial charge in [-0.3, -0.25) is 0 Å². The number of rotatable bonds is 7. The molecule has 3 heteroatoms. The summed E-state index contributed by atoms with van der Waals surface area (Å²) in [4.78, 5) is 14.6.